The van der Waals surface area contributed by atoms with Crippen LogP contribution in [0.3, 0.4) is 0 Å². The van der Waals surface area contributed by atoms with Crippen LogP contribution in [0.1, 0.15) is 44.6 Å². The van der Waals surface area contributed by atoms with Gasteiger partial charge < -0.3 is 10.1 Å². The van der Waals surface area contributed by atoms with Gasteiger partial charge in [-0.05, 0) is 31.9 Å². The van der Waals surface area contributed by atoms with Crippen LogP contribution in [0, 0.1) is 17.1 Å². The van der Waals surface area contributed by atoms with Crippen LogP contribution >= 0.6 is 11.6 Å². The van der Waals surface area contributed by atoms with Gasteiger partial charge in [-0.1, -0.05) is 36.9 Å². The monoisotopic (exact) mass is 366 g/mol. The summed E-state index contributed by atoms with van der Waals surface area (Å²) in [5, 5.41) is 12.2. The average molecular weight is 367 g/mol. The van der Waals surface area contributed by atoms with Crippen LogP contribution in [-0.4, -0.2) is 23.5 Å². The number of hydrogen-bond donors (Lipinski definition) is 1. The maximum Gasteiger partial charge on any atom is 0.311 e. The maximum atomic E-state index is 13.7. The minimum absolute atomic E-state index is 0.0301. The third-order valence-electron chi connectivity index (χ3n) is 4.34. The maximum absolute atomic E-state index is 13.7. The summed E-state index contributed by atoms with van der Waals surface area (Å²) in [6, 6.07) is 6.28. The summed E-state index contributed by atoms with van der Waals surface area (Å²) in [4.78, 5) is 24.2. The molecule has 1 aliphatic rings. The Morgan fingerprint density at radius 3 is 2.68 bits per heavy atom. The molecule has 134 valence electrons. The molecular weight excluding hydrogens is 347 g/mol. The summed E-state index contributed by atoms with van der Waals surface area (Å²) in [6.45, 7) is 1.42. The molecule has 7 heteroatoms. The molecule has 0 unspecified atom stereocenters. The number of nitrogens with zero attached hydrogens (tertiary/aromatic N) is 1. The molecule has 0 heterocycles. The molecule has 0 aromatic heterocycles. The number of nitriles is 1. The molecule has 1 aliphatic carbocycles. The molecule has 1 amide bonds. The van der Waals surface area contributed by atoms with E-state index in [4.69, 9.17) is 16.3 Å². The molecule has 1 aromatic rings. The third kappa shape index (κ3) is 4.93. The Morgan fingerprint density at radius 1 is 1.40 bits per heavy atom. The zero-order valence-corrected chi connectivity index (χ0v) is 14.7. The lowest BCUT2D eigenvalue weighted by Gasteiger charge is -2.32. The molecule has 0 bridgehead atoms. The quantitative estimate of drug-likeness (QED) is 0.811. The van der Waals surface area contributed by atoms with Crippen molar-refractivity contribution in [3.05, 3.63) is 34.6 Å². The van der Waals surface area contributed by atoms with Crippen molar-refractivity contribution in [1.82, 2.24) is 5.32 Å². The van der Waals surface area contributed by atoms with Crippen LogP contribution in [0.4, 0.5) is 4.39 Å². The molecule has 2 rings (SSSR count). The predicted octanol–water partition coefficient (Wildman–Crippen LogP) is 3.30. The zero-order chi connectivity index (χ0) is 18.4. The minimum atomic E-state index is -1.08. The van der Waals surface area contributed by atoms with Gasteiger partial charge in [-0.15, -0.1) is 0 Å². The lowest BCUT2D eigenvalue weighted by molar-refractivity contribution is -0.154. The van der Waals surface area contributed by atoms with E-state index in [0.29, 0.717) is 12.8 Å². The summed E-state index contributed by atoms with van der Waals surface area (Å²) >= 11 is 5.88. The number of carbonyl (C=O) groups is 2. The van der Waals surface area contributed by atoms with Crippen molar-refractivity contribution in [3.63, 3.8) is 0 Å². The molecule has 1 N–H and O–H groups in total. The van der Waals surface area contributed by atoms with Gasteiger partial charge >= 0.3 is 5.97 Å². The Bertz CT molecular complexity index is 676. The van der Waals surface area contributed by atoms with Crippen LogP contribution in [0.15, 0.2) is 18.2 Å². The number of amides is 1. The van der Waals surface area contributed by atoms with Crippen LogP contribution in [0.2, 0.25) is 5.02 Å². The molecular formula is C18H20ClFN2O3. The van der Waals surface area contributed by atoms with E-state index in [0.717, 1.165) is 19.3 Å². The summed E-state index contributed by atoms with van der Waals surface area (Å²) < 4.78 is 18.8. The molecule has 25 heavy (non-hydrogen) atoms. The Morgan fingerprint density at radius 2 is 2.08 bits per heavy atom. The van der Waals surface area contributed by atoms with Crippen LogP contribution in [-0.2, 0) is 20.7 Å². The van der Waals surface area contributed by atoms with Gasteiger partial charge in [-0.25, -0.2) is 4.39 Å². The smallest absolute Gasteiger partial charge is 0.311 e. The first-order valence-electron chi connectivity index (χ1n) is 8.22. The Balaban J connectivity index is 1.94. The SMILES string of the molecule is C[C@@H](OC(=O)Cc1c(F)cccc1Cl)C(=O)NC1(C#N)CCCCC1. The number of ether oxygens (including phenoxy) is 1. The second-order valence-corrected chi connectivity index (χ2v) is 6.66. The molecule has 0 radical (unpaired) electrons. The number of halogens is 2. The fourth-order valence-electron chi connectivity index (χ4n) is 2.90. The van der Waals surface area contributed by atoms with Crippen molar-refractivity contribution < 1.29 is 18.7 Å². The molecule has 0 saturated heterocycles. The van der Waals surface area contributed by atoms with Gasteiger partial charge in [0, 0.05) is 10.6 Å². The van der Waals surface area contributed by atoms with Gasteiger partial charge in [0.05, 0.1) is 12.5 Å². The van der Waals surface area contributed by atoms with E-state index >= 15 is 0 Å². The van der Waals surface area contributed by atoms with Crippen LogP contribution in [0.25, 0.3) is 0 Å². The number of hydrogen-bond acceptors (Lipinski definition) is 4. The first-order chi connectivity index (χ1) is 11.9. The molecule has 1 fully saturated rings. The summed E-state index contributed by atoms with van der Waals surface area (Å²) in [5.74, 6) is -1.90. The number of esters is 1. The normalized spacial score (nSPS) is 17.2. The van der Waals surface area contributed by atoms with E-state index in [1.165, 1.54) is 25.1 Å². The predicted molar refractivity (Wildman–Crippen MR) is 90.2 cm³/mol. The number of carbonyl (C=O) groups excluding carboxylic acids is 2. The Kier molecular flexibility index (Phi) is 6.38. The number of benzene rings is 1. The van der Waals surface area contributed by atoms with E-state index in [9.17, 15) is 19.2 Å². The fourth-order valence-corrected chi connectivity index (χ4v) is 3.13. The van der Waals surface area contributed by atoms with Crippen molar-refractivity contribution in [2.24, 2.45) is 0 Å². The highest BCUT2D eigenvalue weighted by Gasteiger charge is 2.35. The molecule has 1 atom stereocenters. The van der Waals surface area contributed by atoms with E-state index in [2.05, 4.69) is 11.4 Å². The van der Waals surface area contributed by atoms with Crippen molar-refractivity contribution in [1.29, 1.82) is 5.26 Å². The Hall–Kier alpha value is -2.13. The van der Waals surface area contributed by atoms with E-state index < -0.39 is 29.3 Å². The van der Waals surface area contributed by atoms with Gasteiger partial charge in [-0.2, -0.15) is 5.26 Å². The first-order valence-corrected chi connectivity index (χ1v) is 8.60. The molecule has 1 saturated carbocycles. The van der Waals surface area contributed by atoms with E-state index in [-0.39, 0.29) is 17.0 Å². The average Bonchev–Trinajstić information content (AvgIpc) is 2.59. The lowest BCUT2D eigenvalue weighted by Crippen LogP contribution is -2.52. The number of rotatable bonds is 5. The Labute approximate surface area is 151 Å². The van der Waals surface area contributed by atoms with Crippen molar-refractivity contribution in [2.45, 2.75) is 57.1 Å². The van der Waals surface area contributed by atoms with Gasteiger partial charge in [0.2, 0.25) is 0 Å². The molecule has 1 aromatic carbocycles. The molecule has 0 aliphatic heterocycles. The highest BCUT2D eigenvalue weighted by Crippen LogP contribution is 2.27. The highest BCUT2D eigenvalue weighted by molar-refractivity contribution is 6.31. The second-order valence-electron chi connectivity index (χ2n) is 6.25. The van der Waals surface area contributed by atoms with Crippen LogP contribution < -0.4 is 5.32 Å². The molecule has 0 spiro atoms. The van der Waals surface area contributed by atoms with Gasteiger partial charge in [0.1, 0.15) is 11.4 Å². The first kappa shape index (κ1) is 19.2. The number of nitrogens with one attached hydrogen (secondary N) is 1. The van der Waals surface area contributed by atoms with E-state index in [1.807, 2.05) is 0 Å². The topological polar surface area (TPSA) is 79.2 Å². The standard InChI is InChI=1S/C18H20ClFN2O3/c1-12(17(24)22-18(11-21)8-3-2-4-9-18)25-16(23)10-13-14(19)6-5-7-15(13)20/h5-7,12H,2-4,8-10H2,1H3,(H,22,24)/t12-/m1/s1. The van der Waals surface area contributed by atoms with Crippen LogP contribution in [0.5, 0.6) is 0 Å². The van der Waals surface area contributed by atoms with Gasteiger partial charge in [-0.3, -0.25) is 9.59 Å². The minimum Gasteiger partial charge on any atom is -0.452 e. The van der Waals surface area contributed by atoms with Gasteiger partial charge in [0.15, 0.2) is 6.10 Å². The summed E-state index contributed by atoms with van der Waals surface area (Å²) in [5.41, 5.74) is -0.868. The van der Waals surface area contributed by atoms with Crippen molar-refractivity contribution in [3.8, 4) is 6.07 Å². The summed E-state index contributed by atoms with van der Waals surface area (Å²) in [6.07, 6.45) is 2.49. The fraction of sp³-hybridized carbons (Fsp3) is 0.500. The summed E-state index contributed by atoms with van der Waals surface area (Å²) in [7, 11) is 0. The zero-order valence-electron chi connectivity index (χ0n) is 14.0. The highest BCUT2D eigenvalue weighted by atomic mass is 35.5. The van der Waals surface area contributed by atoms with E-state index in [1.54, 1.807) is 0 Å². The van der Waals surface area contributed by atoms with Crippen molar-refractivity contribution in [2.75, 3.05) is 0 Å². The largest absolute Gasteiger partial charge is 0.452 e. The third-order valence-corrected chi connectivity index (χ3v) is 4.70. The lowest BCUT2D eigenvalue weighted by atomic mass is 9.83. The second kappa shape index (κ2) is 8.30. The molecule has 5 nitrogen and oxygen atoms in total. The van der Waals surface area contributed by atoms with Crippen molar-refractivity contribution >= 4 is 23.5 Å². The van der Waals surface area contributed by atoms with Gasteiger partial charge in [0.25, 0.3) is 5.91 Å².